The Morgan fingerprint density at radius 1 is 0.486 bits per heavy atom. The molecule has 35 heavy (non-hydrogen) atoms. The van der Waals surface area contributed by atoms with Crippen LogP contribution in [0.2, 0.25) is 6.55 Å². The van der Waals surface area contributed by atoms with Crippen LogP contribution in [0.4, 0.5) is 0 Å². The van der Waals surface area contributed by atoms with Crippen LogP contribution < -0.4 is 15.6 Å². The van der Waals surface area contributed by atoms with Crippen molar-refractivity contribution in [3.63, 3.8) is 0 Å². The highest BCUT2D eigenvalue weighted by molar-refractivity contribution is 6.92. The fourth-order valence-electron chi connectivity index (χ4n) is 3.85. The van der Waals surface area contributed by atoms with Crippen LogP contribution in [0.1, 0.15) is 40.5 Å². The Balaban J connectivity index is 0.000000269. The molecule has 0 saturated carbocycles. The summed E-state index contributed by atoms with van der Waals surface area (Å²) in [7, 11) is -4.72. The van der Waals surface area contributed by atoms with Crippen LogP contribution in [-0.4, -0.2) is 43.5 Å². The minimum atomic E-state index is -2.59. The number of hydrogen-bond acceptors (Lipinski definition) is 4. The van der Waals surface area contributed by atoms with Crippen LogP contribution in [-0.2, 0) is 17.7 Å². The molecule has 6 heteroatoms. The summed E-state index contributed by atoms with van der Waals surface area (Å²) in [4.78, 5) is 0. The molecule has 0 heterocycles. The molecule has 0 aliphatic carbocycles. The van der Waals surface area contributed by atoms with Crippen LogP contribution in [0.3, 0.4) is 0 Å². The van der Waals surface area contributed by atoms with Gasteiger partial charge in [0.25, 0.3) is 0 Å². The second kappa shape index (κ2) is 15.8. The van der Waals surface area contributed by atoms with E-state index in [1.165, 1.54) is 15.6 Å². The van der Waals surface area contributed by atoms with E-state index in [-0.39, 0.29) is 0 Å². The van der Waals surface area contributed by atoms with Gasteiger partial charge in [0.2, 0.25) is 0 Å². The SMILES string of the molecule is CCCO[Si](OCCC)(c1ccccc1)c1ccccc1.CCO[Si](C)(OCC)c1ccccc1. The smallest absolute Gasteiger partial charge is 0.391 e. The summed E-state index contributed by atoms with van der Waals surface area (Å²) >= 11 is 0. The minimum Gasteiger partial charge on any atom is -0.391 e. The molecule has 0 aromatic heterocycles. The first-order chi connectivity index (χ1) is 17.1. The minimum absolute atomic E-state index is 0.706. The lowest BCUT2D eigenvalue weighted by Gasteiger charge is -2.31. The van der Waals surface area contributed by atoms with Crippen molar-refractivity contribution in [2.75, 3.05) is 26.4 Å². The molecule has 4 nitrogen and oxygen atoms in total. The Labute approximate surface area is 214 Å². The van der Waals surface area contributed by atoms with E-state index in [4.69, 9.17) is 17.7 Å². The first kappa shape index (κ1) is 29.2. The topological polar surface area (TPSA) is 36.9 Å². The maximum absolute atomic E-state index is 6.37. The Kier molecular flexibility index (Phi) is 13.2. The summed E-state index contributed by atoms with van der Waals surface area (Å²) < 4.78 is 24.3. The third-order valence-corrected chi connectivity index (χ3v) is 11.9. The highest BCUT2D eigenvalue weighted by Gasteiger charge is 2.42. The predicted octanol–water partition coefficient (Wildman–Crippen LogP) is 5.13. The zero-order valence-corrected chi connectivity index (χ0v) is 24.0. The molecule has 0 radical (unpaired) electrons. The highest BCUT2D eigenvalue weighted by Crippen LogP contribution is 2.11. The van der Waals surface area contributed by atoms with Crippen LogP contribution >= 0.6 is 0 Å². The van der Waals surface area contributed by atoms with Gasteiger partial charge in [-0.15, -0.1) is 0 Å². The van der Waals surface area contributed by atoms with Gasteiger partial charge in [0, 0.05) is 26.4 Å². The summed E-state index contributed by atoms with van der Waals surface area (Å²) in [5, 5.41) is 3.56. The zero-order valence-electron chi connectivity index (χ0n) is 22.0. The molecule has 3 rings (SSSR count). The molecule has 0 unspecified atom stereocenters. The third-order valence-electron chi connectivity index (χ3n) is 5.46. The van der Waals surface area contributed by atoms with Gasteiger partial charge >= 0.3 is 17.1 Å². The maximum Gasteiger partial charge on any atom is 0.407 e. The van der Waals surface area contributed by atoms with E-state index in [0.717, 1.165) is 26.1 Å². The van der Waals surface area contributed by atoms with Gasteiger partial charge in [-0.1, -0.05) is 105 Å². The zero-order chi connectivity index (χ0) is 25.4. The fraction of sp³-hybridized carbons (Fsp3) is 0.379. The lowest BCUT2D eigenvalue weighted by molar-refractivity contribution is 0.191. The Morgan fingerprint density at radius 2 is 0.829 bits per heavy atom. The maximum atomic E-state index is 6.37. The standard InChI is InChI=1S/C18H24O2Si.C11H18O2Si/c1-3-15-19-21(20-16-4-2,17-11-7-5-8-12-17)18-13-9-6-10-14-18;1-4-12-14(3,13-5-2)11-9-7-6-8-10-11/h5-14H,3-4,15-16H2,1-2H3;6-10H,4-5H2,1-3H3. The molecule has 0 saturated heterocycles. The van der Waals surface area contributed by atoms with Crippen molar-refractivity contribution in [2.24, 2.45) is 0 Å². The quantitative estimate of drug-likeness (QED) is 0.299. The molecule has 3 aromatic rings. The van der Waals surface area contributed by atoms with Gasteiger partial charge in [-0.05, 0) is 48.8 Å². The lowest BCUT2D eigenvalue weighted by atomic mass is 10.4. The molecular formula is C29H42O4Si2. The number of benzene rings is 3. The van der Waals surface area contributed by atoms with Gasteiger partial charge in [-0.2, -0.15) is 0 Å². The normalized spacial score (nSPS) is 11.6. The van der Waals surface area contributed by atoms with Crippen molar-refractivity contribution in [3.8, 4) is 0 Å². The summed E-state index contributed by atoms with van der Waals surface area (Å²) in [6.45, 7) is 13.2. The third kappa shape index (κ3) is 8.53. The van der Waals surface area contributed by atoms with Crippen molar-refractivity contribution in [1.82, 2.24) is 0 Å². The molecule has 0 bridgehead atoms. The molecule has 0 amide bonds. The van der Waals surface area contributed by atoms with Crippen molar-refractivity contribution < 1.29 is 17.7 Å². The van der Waals surface area contributed by atoms with E-state index >= 15 is 0 Å². The molecule has 0 spiro atoms. The molecule has 0 N–H and O–H groups in total. The second-order valence-electron chi connectivity index (χ2n) is 8.22. The first-order valence-corrected chi connectivity index (χ1v) is 16.9. The van der Waals surface area contributed by atoms with E-state index in [1.54, 1.807) is 0 Å². The van der Waals surface area contributed by atoms with E-state index in [9.17, 15) is 0 Å². The van der Waals surface area contributed by atoms with Crippen molar-refractivity contribution in [2.45, 2.75) is 47.1 Å². The molecule has 0 fully saturated rings. The van der Waals surface area contributed by atoms with Gasteiger partial charge in [0.1, 0.15) is 0 Å². The molecule has 0 atom stereocenters. The second-order valence-corrected chi connectivity index (χ2v) is 14.2. The van der Waals surface area contributed by atoms with E-state index in [1.807, 2.05) is 44.2 Å². The molecular weight excluding hydrogens is 468 g/mol. The van der Waals surface area contributed by atoms with Crippen LogP contribution in [0.5, 0.6) is 0 Å². The Bertz CT molecular complexity index is 868. The number of hydrogen-bond donors (Lipinski definition) is 0. The van der Waals surface area contributed by atoms with E-state index < -0.39 is 17.1 Å². The average Bonchev–Trinajstić information content (AvgIpc) is 2.91. The lowest BCUT2D eigenvalue weighted by Crippen LogP contribution is -2.63. The molecule has 3 aromatic carbocycles. The van der Waals surface area contributed by atoms with Gasteiger partial charge < -0.3 is 17.7 Å². The van der Waals surface area contributed by atoms with Crippen LogP contribution in [0.25, 0.3) is 0 Å². The van der Waals surface area contributed by atoms with Crippen LogP contribution in [0, 0.1) is 0 Å². The summed E-state index contributed by atoms with van der Waals surface area (Å²) in [6, 6.07) is 31.1. The monoisotopic (exact) mass is 510 g/mol. The largest absolute Gasteiger partial charge is 0.407 e. The van der Waals surface area contributed by atoms with Crippen LogP contribution in [0.15, 0.2) is 91.0 Å². The van der Waals surface area contributed by atoms with Gasteiger partial charge in [-0.3, -0.25) is 0 Å². The number of rotatable bonds is 13. The van der Waals surface area contributed by atoms with Gasteiger partial charge in [0.05, 0.1) is 0 Å². The highest BCUT2D eigenvalue weighted by atomic mass is 28.4. The molecule has 0 aliphatic heterocycles. The van der Waals surface area contributed by atoms with E-state index in [2.05, 4.69) is 81.1 Å². The average molecular weight is 511 g/mol. The van der Waals surface area contributed by atoms with Crippen molar-refractivity contribution >= 4 is 32.7 Å². The Morgan fingerprint density at radius 3 is 1.14 bits per heavy atom. The predicted molar refractivity (Wildman–Crippen MR) is 151 cm³/mol. The van der Waals surface area contributed by atoms with Gasteiger partial charge in [0.15, 0.2) is 0 Å². The summed E-state index contributed by atoms with van der Waals surface area (Å²) in [6.07, 6.45) is 1.98. The fourth-order valence-corrected chi connectivity index (χ4v) is 9.49. The first-order valence-electron chi connectivity index (χ1n) is 12.8. The molecule has 0 aliphatic rings. The van der Waals surface area contributed by atoms with Crippen molar-refractivity contribution in [3.05, 3.63) is 91.0 Å². The summed E-state index contributed by atoms with van der Waals surface area (Å²) in [5.74, 6) is 0. The Hall–Kier alpha value is -2.07. The van der Waals surface area contributed by atoms with E-state index in [0.29, 0.717) is 13.2 Å². The van der Waals surface area contributed by atoms with Gasteiger partial charge in [-0.25, -0.2) is 0 Å². The molecule has 190 valence electrons. The van der Waals surface area contributed by atoms with Crippen molar-refractivity contribution in [1.29, 1.82) is 0 Å². The summed E-state index contributed by atoms with van der Waals surface area (Å²) in [5.41, 5.74) is 0.